The Morgan fingerprint density at radius 1 is 1.08 bits per heavy atom. The van der Waals surface area contributed by atoms with Crippen molar-refractivity contribution in [1.82, 2.24) is 14.5 Å². The summed E-state index contributed by atoms with van der Waals surface area (Å²) in [7, 11) is -3.49. The second kappa shape index (κ2) is 7.04. The zero-order chi connectivity index (χ0) is 17.2. The fourth-order valence-corrected chi connectivity index (χ4v) is 4.16. The summed E-state index contributed by atoms with van der Waals surface area (Å²) < 4.78 is 32.5. The van der Waals surface area contributed by atoms with Crippen molar-refractivity contribution >= 4 is 21.6 Å². The molecule has 1 aliphatic heterocycles. The molecule has 0 amide bonds. The van der Waals surface area contributed by atoms with E-state index in [0.29, 0.717) is 36.8 Å². The van der Waals surface area contributed by atoms with E-state index in [0.717, 1.165) is 5.69 Å². The molecule has 128 valence electrons. The molecular formula is C16H18ClN3O3S. The Balaban J connectivity index is 1.62. The molecule has 0 atom stereocenters. The van der Waals surface area contributed by atoms with Gasteiger partial charge < -0.3 is 4.74 Å². The number of hydrogen-bond acceptors (Lipinski definition) is 5. The lowest BCUT2D eigenvalue weighted by atomic mass is 10.1. The zero-order valence-corrected chi connectivity index (χ0v) is 14.8. The lowest BCUT2D eigenvalue weighted by molar-refractivity contribution is 0.128. The zero-order valence-electron chi connectivity index (χ0n) is 13.2. The van der Waals surface area contributed by atoms with Gasteiger partial charge in [-0.05, 0) is 50.1 Å². The van der Waals surface area contributed by atoms with Crippen LogP contribution in [0.5, 0.6) is 5.88 Å². The first-order valence-electron chi connectivity index (χ1n) is 7.68. The molecule has 3 rings (SSSR count). The molecule has 1 fully saturated rings. The van der Waals surface area contributed by atoms with Gasteiger partial charge in [-0.1, -0.05) is 11.6 Å². The summed E-state index contributed by atoms with van der Waals surface area (Å²) in [4.78, 5) is 0.260. The van der Waals surface area contributed by atoms with Crippen LogP contribution in [-0.4, -0.2) is 42.1 Å². The first-order valence-corrected chi connectivity index (χ1v) is 9.50. The second-order valence-corrected chi connectivity index (χ2v) is 8.06. The highest BCUT2D eigenvalue weighted by atomic mass is 35.5. The Labute approximate surface area is 146 Å². The van der Waals surface area contributed by atoms with Crippen LogP contribution in [-0.2, 0) is 10.0 Å². The predicted molar refractivity (Wildman–Crippen MR) is 90.6 cm³/mol. The highest BCUT2D eigenvalue weighted by Gasteiger charge is 2.30. The topological polar surface area (TPSA) is 72.4 Å². The summed E-state index contributed by atoms with van der Waals surface area (Å²) in [5.74, 6) is 0.472. The van der Waals surface area contributed by atoms with E-state index in [9.17, 15) is 8.42 Å². The molecule has 6 nitrogen and oxygen atoms in total. The van der Waals surface area contributed by atoms with Crippen LogP contribution in [0.1, 0.15) is 18.5 Å². The van der Waals surface area contributed by atoms with E-state index in [4.69, 9.17) is 16.3 Å². The molecule has 0 aliphatic carbocycles. The molecule has 0 N–H and O–H groups in total. The van der Waals surface area contributed by atoms with Crippen LogP contribution in [0.15, 0.2) is 41.3 Å². The number of rotatable bonds is 4. The van der Waals surface area contributed by atoms with E-state index in [1.807, 2.05) is 13.0 Å². The lowest BCUT2D eigenvalue weighted by Crippen LogP contribution is -2.41. The van der Waals surface area contributed by atoms with E-state index in [2.05, 4.69) is 10.2 Å². The van der Waals surface area contributed by atoms with E-state index in [1.54, 1.807) is 18.2 Å². The van der Waals surface area contributed by atoms with Gasteiger partial charge in [-0.3, -0.25) is 0 Å². The summed E-state index contributed by atoms with van der Waals surface area (Å²) in [5, 5.41) is 8.45. The van der Waals surface area contributed by atoms with Crippen LogP contribution >= 0.6 is 11.6 Å². The Morgan fingerprint density at radius 3 is 2.33 bits per heavy atom. The van der Waals surface area contributed by atoms with Gasteiger partial charge in [0.2, 0.25) is 15.9 Å². The van der Waals surface area contributed by atoms with Gasteiger partial charge in [0.05, 0.1) is 10.6 Å². The van der Waals surface area contributed by atoms with Gasteiger partial charge in [-0.15, -0.1) is 5.10 Å². The number of hydrogen-bond donors (Lipinski definition) is 0. The first kappa shape index (κ1) is 17.1. The Hall–Kier alpha value is -1.70. The van der Waals surface area contributed by atoms with Gasteiger partial charge in [0.1, 0.15) is 6.10 Å². The molecule has 2 heterocycles. The molecule has 2 aromatic rings. The van der Waals surface area contributed by atoms with E-state index < -0.39 is 10.0 Å². The maximum atomic E-state index is 12.6. The molecule has 0 saturated carbocycles. The normalized spacial score (nSPS) is 16.9. The molecule has 0 spiro atoms. The lowest BCUT2D eigenvalue weighted by Gasteiger charge is -2.31. The highest BCUT2D eigenvalue weighted by molar-refractivity contribution is 7.89. The molecular weight excluding hydrogens is 350 g/mol. The summed E-state index contributed by atoms with van der Waals surface area (Å²) in [6.07, 6.45) is 1.17. The van der Waals surface area contributed by atoms with E-state index >= 15 is 0 Å². The third-order valence-corrected chi connectivity index (χ3v) is 6.08. The van der Waals surface area contributed by atoms with E-state index in [1.165, 1.54) is 16.4 Å². The fourth-order valence-electron chi connectivity index (χ4n) is 2.57. The average molecular weight is 368 g/mol. The number of benzene rings is 1. The van der Waals surface area contributed by atoms with Crippen molar-refractivity contribution < 1.29 is 13.2 Å². The summed E-state index contributed by atoms with van der Waals surface area (Å²) in [5.41, 5.74) is 0.825. The van der Waals surface area contributed by atoms with Gasteiger partial charge in [-0.2, -0.15) is 9.40 Å². The van der Waals surface area contributed by atoms with Crippen molar-refractivity contribution in [2.24, 2.45) is 0 Å². The van der Waals surface area contributed by atoms with Crippen LogP contribution < -0.4 is 4.74 Å². The minimum atomic E-state index is -3.49. The monoisotopic (exact) mass is 367 g/mol. The third-order valence-electron chi connectivity index (χ3n) is 3.91. The molecule has 1 saturated heterocycles. The molecule has 1 aromatic carbocycles. The smallest absolute Gasteiger partial charge is 0.243 e. The summed E-state index contributed by atoms with van der Waals surface area (Å²) in [6.45, 7) is 2.68. The van der Waals surface area contributed by atoms with Crippen LogP contribution in [0, 0.1) is 6.92 Å². The van der Waals surface area contributed by atoms with Crippen molar-refractivity contribution in [2.75, 3.05) is 13.1 Å². The number of aromatic nitrogens is 2. The second-order valence-electron chi connectivity index (χ2n) is 5.69. The minimum absolute atomic E-state index is 0.0568. The van der Waals surface area contributed by atoms with Crippen LogP contribution in [0.25, 0.3) is 0 Å². The van der Waals surface area contributed by atoms with Crippen LogP contribution in [0.2, 0.25) is 5.02 Å². The van der Waals surface area contributed by atoms with Crippen LogP contribution in [0.3, 0.4) is 0 Å². The summed E-state index contributed by atoms with van der Waals surface area (Å²) >= 11 is 5.82. The minimum Gasteiger partial charge on any atom is -0.473 e. The van der Waals surface area contributed by atoms with Crippen molar-refractivity contribution in [1.29, 1.82) is 0 Å². The van der Waals surface area contributed by atoms with E-state index in [-0.39, 0.29) is 11.0 Å². The molecule has 0 radical (unpaired) electrons. The van der Waals surface area contributed by atoms with Gasteiger partial charge in [0, 0.05) is 24.2 Å². The fraction of sp³-hybridized carbons (Fsp3) is 0.375. The van der Waals surface area contributed by atoms with Crippen molar-refractivity contribution in [3.63, 3.8) is 0 Å². The number of halogens is 1. The number of ether oxygens (including phenoxy) is 1. The molecule has 1 aromatic heterocycles. The molecule has 8 heteroatoms. The maximum absolute atomic E-state index is 12.6. The molecule has 1 aliphatic rings. The van der Waals surface area contributed by atoms with Crippen molar-refractivity contribution in [3.05, 3.63) is 47.1 Å². The number of sulfonamides is 1. The maximum Gasteiger partial charge on any atom is 0.243 e. The molecule has 24 heavy (non-hydrogen) atoms. The Bertz CT molecular complexity index is 786. The first-order chi connectivity index (χ1) is 11.4. The van der Waals surface area contributed by atoms with Gasteiger partial charge in [0.15, 0.2) is 0 Å². The van der Waals surface area contributed by atoms with Gasteiger partial charge in [-0.25, -0.2) is 8.42 Å². The standard InChI is InChI=1S/C16H18ClN3O3S/c1-12-2-7-16(19-18-12)23-14-8-10-20(11-9-14)24(21,22)15-5-3-13(17)4-6-15/h2-7,14H,8-11H2,1H3. The highest BCUT2D eigenvalue weighted by Crippen LogP contribution is 2.24. The van der Waals surface area contributed by atoms with Gasteiger partial charge in [0.25, 0.3) is 0 Å². The van der Waals surface area contributed by atoms with Crippen molar-refractivity contribution in [2.45, 2.75) is 30.8 Å². The SMILES string of the molecule is Cc1ccc(OC2CCN(S(=O)(=O)c3ccc(Cl)cc3)CC2)nn1. The number of nitrogens with zero attached hydrogens (tertiary/aromatic N) is 3. The largest absolute Gasteiger partial charge is 0.473 e. The third kappa shape index (κ3) is 3.85. The number of aryl methyl sites for hydroxylation is 1. The van der Waals surface area contributed by atoms with Gasteiger partial charge >= 0.3 is 0 Å². The van der Waals surface area contributed by atoms with Crippen LogP contribution in [0.4, 0.5) is 0 Å². The average Bonchev–Trinajstić information content (AvgIpc) is 2.58. The summed E-state index contributed by atoms with van der Waals surface area (Å²) in [6, 6.07) is 9.84. The van der Waals surface area contributed by atoms with Crippen molar-refractivity contribution in [3.8, 4) is 5.88 Å². The molecule has 0 unspecified atom stereocenters. The Morgan fingerprint density at radius 2 is 1.75 bits per heavy atom. The molecule has 0 bridgehead atoms. The number of piperidine rings is 1. The quantitative estimate of drug-likeness (QED) is 0.830. The predicted octanol–water partition coefficient (Wildman–Crippen LogP) is 2.67. The Kier molecular flexibility index (Phi) is 5.03.